The average Bonchev–Trinajstić information content (AvgIpc) is 3.18. The molecule has 6 nitrogen and oxygen atoms in total. The van der Waals surface area contributed by atoms with Gasteiger partial charge in [-0.1, -0.05) is 234 Å². The lowest BCUT2D eigenvalue weighted by molar-refractivity contribution is -0.167. The van der Waals surface area contributed by atoms with E-state index < -0.39 is 6.10 Å². The summed E-state index contributed by atoms with van der Waals surface area (Å²) in [5.74, 6) is 0.864. The van der Waals surface area contributed by atoms with Crippen LogP contribution in [0.2, 0.25) is 0 Å². The smallest absolute Gasteiger partial charge is 0.306 e. The molecule has 0 aromatic heterocycles. The molecule has 0 bridgehead atoms. The topological polar surface area (TPSA) is 78.9 Å². The Morgan fingerprint density at radius 3 is 1.02 bits per heavy atom. The van der Waals surface area contributed by atoms with Crippen LogP contribution in [-0.4, -0.2) is 37.2 Å². The fourth-order valence-corrected chi connectivity index (χ4v) is 7.43. The van der Waals surface area contributed by atoms with E-state index in [-0.39, 0.29) is 31.1 Å². The van der Waals surface area contributed by atoms with Crippen LogP contribution >= 0.6 is 0 Å². The number of carbonyl (C=O) groups is 3. The van der Waals surface area contributed by atoms with E-state index in [0.717, 1.165) is 76.0 Å². The van der Waals surface area contributed by atoms with Crippen molar-refractivity contribution in [2.45, 2.75) is 278 Å². The summed E-state index contributed by atoms with van der Waals surface area (Å²) < 4.78 is 16.7. The zero-order valence-corrected chi connectivity index (χ0v) is 38.3. The lowest BCUT2D eigenvalue weighted by atomic mass is 9.99. The molecule has 0 aliphatic rings. The van der Waals surface area contributed by atoms with Crippen molar-refractivity contribution in [3.05, 3.63) is 0 Å². The summed E-state index contributed by atoms with van der Waals surface area (Å²) in [6.45, 7) is 11.3. The molecule has 0 aliphatic carbocycles. The van der Waals surface area contributed by atoms with Gasteiger partial charge in [-0.2, -0.15) is 0 Å². The van der Waals surface area contributed by atoms with E-state index in [2.05, 4.69) is 34.6 Å². The zero-order chi connectivity index (χ0) is 41.2. The normalized spacial score (nSPS) is 12.5. The highest BCUT2D eigenvalue weighted by molar-refractivity contribution is 5.71. The van der Waals surface area contributed by atoms with Crippen molar-refractivity contribution >= 4 is 17.9 Å². The standard InChI is InChI=1S/C50H96O6/c1-6-8-9-28-37-42-50(53)56-47(44-55-49(52)41-36-32-27-23-19-15-14-16-20-24-29-33-38-45(3)4)43-54-48(51)40-35-31-26-22-18-13-11-10-12-17-21-25-30-34-39-46(5)7-2/h45-47H,6-44H2,1-5H3/t46?,47-/m0/s1. The summed E-state index contributed by atoms with van der Waals surface area (Å²) in [5, 5.41) is 0. The maximum atomic E-state index is 12.6. The summed E-state index contributed by atoms with van der Waals surface area (Å²) in [7, 11) is 0. The number of ether oxygens (including phenoxy) is 3. The molecule has 0 heterocycles. The number of unbranched alkanes of at least 4 members (excludes halogenated alkanes) is 28. The third kappa shape index (κ3) is 42.0. The van der Waals surface area contributed by atoms with Crippen LogP contribution in [0.3, 0.4) is 0 Å². The molecule has 1 unspecified atom stereocenters. The van der Waals surface area contributed by atoms with Gasteiger partial charge >= 0.3 is 17.9 Å². The van der Waals surface area contributed by atoms with Crippen molar-refractivity contribution in [1.29, 1.82) is 0 Å². The van der Waals surface area contributed by atoms with Gasteiger partial charge in [-0.3, -0.25) is 14.4 Å². The Balaban J connectivity index is 4.08. The molecule has 2 atom stereocenters. The fraction of sp³-hybridized carbons (Fsp3) is 0.940. The van der Waals surface area contributed by atoms with Crippen LogP contribution in [0.4, 0.5) is 0 Å². The van der Waals surface area contributed by atoms with Crippen LogP contribution in [0, 0.1) is 11.8 Å². The van der Waals surface area contributed by atoms with E-state index in [1.807, 2.05) is 0 Å². The van der Waals surface area contributed by atoms with Crippen LogP contribution in [0.1, 0.15) is 272 Å². The van der Waals surface area contributed by atoms with Gasteiger partial charge in [0.05, 0.1) is 0 Å². The molecular weight excluding hydrogens is 697 g/mol. The largest absolute Gasteiger partial charge is 0.462 e. The lowest BCUT2D eigenvalue weighted by Gasteiger charge is -2.18. The molecule has 0 saturated heterocycles. The molecule has 0 aliphatic heterocycles. The maximum absolute atomic E-state index is 12.6. The molecule has 6 heteroatoms. The van der Waals surface area contributed by atoms with Crippen LogP contribution in [0.15, 0.2) is 0 Å². The molecule has 332 valence electrons. The van der Waals surface area contributed by atoms with E-state index in [1.165, 1.54) is 154 Å². The predicted molar refractivity (Wildman–Crippen MR) is 238 cm³/mol. The third-order valence-electron chi connectivity index (χ3n) is 11.6. The molecule has 0 spiro atoms. The van der Waals surface area contributed by atoms with Crippen molar-refractivity contribution in [2.24, 2.45) is 11.8 Å². The predicted octanol–water partition coefficient (Wildman–Crippen LogP) is 15.8. The number of carbonyl (C=O) groups excluding carboxylic acids is 3. The highest BCUT2D eigenvalue weighted by atomic mass is 16.6. The van der Waals surface area contributed by atoms with E-state index in [1.54, 1.807) is 0 Å². The SMILES string of the molecule is CCCCCCCC(=O)O[C@@H](COC(=O)CCCCCCCCCCCCCCCCC(C)CC)COC(=O)CCCCCCCCCCCCCCC(C)C. The molecule has 0 saturated carbocycles. The van der Waals surface area contributed by atoms with Crippen molar-refractivity contribution in [2.75, 3.05) is 13.2 Å². The summed E-state index contributed by atoms with van der Waals surface area (Å²) in [6.07, 6.45) is 42.6. The second kappa shape index (κ2) is 43.0. The minimum atomic E-state index is -0.759. The van der Waals surface area contributed by atoms with Gasteiger partial charge in [0.2, 0.25) is 0 Å². The zero-order valence-electron chi connectivity index (χ0n) is 38.3. The Morgan fingerprint density at radius 2 is 0.679 bits per heavy atom. The van der Waals surface area contributed by atoms with Gasteiger partial charge in [-0.25, -0.2) is 0 Å². The number of esters is 3. The van der Waals surface area contributed by atoms with Crippen LogP contribution in [0.5, 0.6) is 0 Å². The lowest BCUT2D eigenvalue weighted by Crippen LogP contribution is -2.30. The summed E-state index contributed by atoms with van der Waals surface area (Å²) in [4.78, 5) is 37.6. The Morgan fingerprint density at radius 1 is 0.375 bits per heavy atom. The van der Waals surface area contributed by atoms with Gasteiger partial charge in [0, 0.05) is 19.3 Å². The Kier molecular flexibility index (Phi) is 41.8. The quantitative estimate of drug-likeness (QED) is 0.0347. The molecule has 0 aromatic rings. The summed E-state index contributed by atoms with van der Waals surface area (Å²) >= 11 is 0. The maximum Gasteiger partial charge on any atom is 0.306 e. The van der Waals surface area contributed by atoms with Crippen LogP contribution < -0.4 is 0 Å². The first kappa shape index (κ1) is 54.4. The summed E-state index contributed by atoms with van der Waals surface area (Å²) in [6, 6.07) is 0. The van der Waals surface area contributed by atoms with Crippen molar-refractivity contribution in [3.63, 3.8) is 0 Å². The van der Waals surface area contributed by atoms with Gasteiger partial charge < -0.3 is 14.2 Å². The number of hydrogen-bond donors (Lipinski definition) is 0. The van der Waals surface area contributed by atoms with E-state index in [9.17, 15) is 14.4 Å². The molecule has 0 aromatic carbocycles. The highest BCUT2D eigenvalue weighted by Crippen LogP contribution is 2.18. The van der Waals surface area contributed by atoms with Crippen LogP contribution in [0.25, 0.3) is 0 Å². The average molecular weight is 793 g/mol. The van der Waals surface area contributed by atoms with Crippen molar-refractivity contribution < 1.29 is 28.6 Å². The molecule has 0 N–H and O–H groups in total. The minimum Gasteiger partial charge on any atom is -0.462 e. The van der Waals surface area contributed by atoms with E-state index in [0.29, 0.717) is 19.3 Å². The second-order valence-corrected chi connectivity index (χ2v) is 17.8. The summed E-state index contributed by atoms with van der Waals surface area (Å²) in [5.41, 5.74) is 0. The van der Waals surface area contributed by atoms with Crippen LogP contribution in [-0.2, 0) is 28.6 Å². The van der Waals surface area contributed by atoms with E-state index >= 15 is 0 Å². The molecule has 0 amide bonds. The van der Waals surface area contributed by atoms with Crippen molar-refractivity contribution in [3.8, 4) is 0 Å². The van der Waals surface area contributed by atoms with Gasteiger partial charge in [-0.05, 0) is 31.1 Å². The first-order valence-corrected chi connectivity index (χ1v) is 24.8. The first-order chi connectivity index (χ1) is 27.3. The van der Waals surface area contributed by atoms with Gasteiger partial charge in [0.1, 0.15) is 13.2 Å². The number of rotatable bonds is 44. The monoisotopic (exact) mass is 793 g/mol. The Bertz CT molecular complexity index is 856. The second-order valence-electron chi connectivity index (χ2n) is 17.8. The molecular formula is C50H96O6. The van der Waals surface area contributed by atoms with E-state index in [4.69, 9.17) is 14.2 Å². The minimum absolute atomic E-state index is 0.0654. The molecule has 0 rings (SSSR count). The van der Waals surface area contributed by atoms with Gasteiger partial charge in [-0.15, -0.1) is 0 Å². The Hall–Kier alpha value is -1.59. The highest BCUT2D eigenvalue weighted by Gasteiger charge is 2.19. The number of hydrogen-bond acceptors (Lipinski definition) is 6. The molecule has 0 radical (unpaired) electrons. The first-order valence-electron chi connectivity index (χ1n) is 24.8. The van der Waals surface area contributed by atoms with Crippen molar-refractivity contribution in [1.82, 2.24) is 0 Å². The van der Waals surface area contributed by atoms with Gasteiger partial charge in [0.25, 0.3) is 0 Å². The van der Waals surface area contributed by atoms with Gasteiger partial charge in [0.15, 0.2) is 6.10 Å². The molecule has 0 fully saturated rings. The fourth-order valence-electron chi connectivity index (χ4n) is 7.43. The Labute approximate surface area is 348 Å². The molecule has 56 heavy (non-hydrogen) atoms. The third-order valence-corrected chi connectivity index (χ3v) is 11.6.